The third kappa shape index (κ3) is 5.50. The van der Waals surface area contributed by atoms with Gasteiger partial charge in [0, 0.05) is 17.8 Å². The van der Waals surface area contributed by atoms with Gasteiger partial charge in [-0.2, -0.15) is 0 Å². The summed E-state index contributed by atoms with van der Waals surface area (Å²) in [6.07, 6.45) is 1.44. The molecule has 0 aliphatic heterocycles. The second-order valence-corrected chi connectivity index (χ2v) is 7.85. The highest BCUT2D eigenvalue weighted by molar-refractivity contribution is 7.89. The molecule has 0 saturated carbocycles. The lowest BCUT2D eigenvalue weighted by atomic mass is 10.1. The summed E-state index contributed by atoms with van der Waals surface area (Å²) >= 11 is 0. The number of nitrogens with zero attached hydrogens (tertiary/aromatic N) is 1. The molecule has 1 amide bonds. The maximum atomic E-state index is 12.4. The van der Waals surface area contributed by atoms with E-state index in [-0.39, 0.29) is 29.5 Å². The van der Waals surface area contributed by atoms with Crippen molar-refractivity contribution in [2.75, 3.05) is 5.32 Å². The Morgan fingerprint density at radius 3 is 2.48 bits per heavy atom. The predicted molar refractivity (Wildman–Crippen MR) is 105 cm³/mol. The van der Waals surface area contributed by atoms with E-state index in [2.05, 4.69) is 10.0 Å². The summed E-state index contributed by atoms with van der Waals surface area (Å²) in [6.45, 7) is 0.00602. The molecule has 1 aromatic heterocycles. The second kappa shape index (κ2) is 8.67. The molecule has 10 heteroatoms. The van der Waals surface area contributed by atoms with Crippen LogP contribution in [0.1, 0.15) is 11.3 Å². The van der Waals surface area contributed by atoms with Gasteiger partial charge in [0.25, 0.3) is 5.69 Å². The zero-order valence-electron chi connectivity index (χ0n) is 15.1. The highest BCUT2D eigenvalue weighted by Gasteiger charge is 2.15. The van der Waals surface area contributed by atoms with Gasteiger partial charge < -0.3 is 9.73 Å². The Morgan fingerprint density at radius 2 is 1.83 bits per heavy atom. The number of carbonyl (C=O) groups is 1. The van der Waals surface area contributed by atoms with Crippen LogP contribution in [0.2, 0.25) is 0 Å². The lowest BCUT2D eigenvalue weighted by Gasteiger charge is -2.09. The number of nitrogens with one attached hydrogen (secondary N) is 2. The Hall–Kier alpha value is -3.50. The SMILES string of the molecule is O=C(Cc1ccc([N+](=O)[O-])cc1)Nc1cccc(S(=O)(=O)NCc2ccco2)c1. The third-order valence-corrected chi connectivity index (χ3v) is 5.36. The smallest absolute Gasteiger partial charge is 0.269 e. The minimum Gasteiger partial charge on any atom is -0.468 e. The minimum absolute atomic E-state index is 0.00260. The van der Waals surface area contributed by atoms with Crippen molar-refractivity contribution in [2.45, 2.75) is 17.9 Å². The average Bonchev–Trinajstić information content (AvgIpc) is 3.21. The van der Waals surface area contributed by atoms with Gasteiger partial charge in [0.2, 0.25) is 15.9 Å². The molecule has 0 radical (unpaired) electrons. The van der Waals surface area contributed by atoms with Crippen LogP contribution in [0.3, 0.4) is 0 Å². The predicted octanol–water partition coefficient (Wildman–Crippen LogP) is 2.85. The monoisotopic (exact) mass is 415 g/mol. The first-order valence-electron chi connectivity index (χ1n) is 8.49. The van der Waals surface area contributed by atoms with Gasteiger partial charge in [-0.15, -0.1) is 0 Å². The van der Waals surface area contributed by atoms with E-state index in [1.807, 2.05) is 0 Å². The van der Waals surface area contributed by atoms with Gasteiger partial charge in [-0.25, -0.2) is 13.1 Å². The van der Waals surface area contributed by atoms with Gasteiger partial charge in [0.15, 0.2) is 0 Å². The Morgan fingerprint density at radius 1 is 1.07 bits per heavy atom. The molecule has 0 bridgehead atoms. The Bertz CT molecular complexity index is 1110. The van der Waals surface area contributed by atoms with E-state index in [0.717, 1.165) is 0 Å². The van der Waals surface area contributed by atoms with Crippen LogP contribution in [0.25, 0.3) is 0 Å². The van der Waals surface area contributed by atoms with Crippen LogP contribution in [0.15, 0.2) is 76.2 Å². The van der Waals surface area contributed by atoms with E-state index in [9.17, 15) is 23.3 Å². The first kappa shape index (κ1) is 20.2. The Balaban J connectivity index is 1.64. The number of sulfonamides is 1. The lowest BCUT2D eigenvalue weighted by molar-refractivity contribution is -0.384. The van der Waals surface area contributed by atoms with E-state index in [1.54, 1.807) is 18.2 Å². The van der Waals surface area contributed by atoms with Gasteiger partial charge in [0.05, 0.1) is 29.0 Å². The van der Waals surface area contributed by atoms with Crippen LogP contribution < -0.4 is 10.0 Å². The maximum Gasteiger partial charge on any atom is 0.269 e. The molecule has 0 spiro atoms. The molecule has 0 unspecified atom stereocenters. The number of hydrogen-bond acceptors (Lipinski definition) is 6. The minimum atomic E-state index is -3.79. The Labute approximate surface area is 166 Å². The molecular weight excluding hydrogens is 398 g/mol. The van der Waals surface area contributed by atoms with Crippen molar-refractivity contribution in [3.8, 4) is 0 Å². The van der Waals surface area contributed by atoms with Gasteiger partial charge in [-0.1, -0.05) is 18.2 Å². The van der Waals surface area contributed by atoms with Crippen LogP contribution in [0.4, 0.5) is 11.4 Å². The molecule has 3 aromatic rings. The summed E-state index contributed by atoms with van der Waals surface area (Å²) in [5, 5.41) is 13.3. The molecular formula is C19H17N3O6S. The molecule has 2 aromatic carbocycles. The van der Waals surface area contributed by atoms with E-state index in [4.69, 9.17) is 4.42 Å². The topological polar surface area (TPSA) is 132 Å². The molecule has 3 rings (SSSR count). The van der Waals surface area contributed by atoms with Gasteiger partial charge in [-0.05, 0) is 35.9 Å². The van der Waals surface area contributed by atoms with E-state index >= 15 is 0 Å². The van der Waals surface area contributed by atoms with Crippen LogP contribution in [-0.4, -0.2) is 19.2 Å². The number of amides is 1. The number of rotatable bonds is 8. The van der Waals surface area contributed by atoms with Crippen molar-refractivity contribution < 1.29 is 22.6 Å². The van der Waals surface area contributed by atoms with Crippen LogP contribution >= 0.6 is 0 Å². The maximum absolute atomic E-state index is 12.4. The van der Waals surface area contributed by atoms with Gasteiger partial charge >= 0.3 is 0 Å². The summed E-state index contributed by atoms with van der Waals surface area (Å²) in [5.41, 5.74) is 0.851. The number of hydrogen-bond donors (Lipinski definition) is 2. The summed E-state index contributed by atoms with van der Waals surface area (Å²) in [5.74, 6) is 0.0954. The normalized spacial score (nSPS) is 11.2. The number of nitro groups is 1. The van der Waals surface area contributed by atoms with Crippen molar-refractivity contribution in [1.82, 2.24) is 4.72 Å². The second-order valence-electron chi connectivity index (χ2n) is 6.08. The number of benzene rings is 2. The van der Waals surface area contributed by atoms with Crippen molar-refractivity contribution in [3.63, 3.8) is 0 Å². The number of nitro benzene ring substituents is 1. The van der Waals surface area contributed by atoms with Crippen LogP contribution in [0, 0.1) is 10.1 Å². The molecule has 0 saturated heterocycles. The van der Waals surface area contributed by atoms with Crippen molar-refractivity contribution in [3.05, 3.63) is 88.4 Å². The summed E-state index contributed by atoms with van der Waals surface area (Å²) in [6, 6.07) is 14.8. The summed E-state index contributed by atoms with van der Waals surface area (Å²) in [4.78, 5) is 22.4. The summed E-state index contributed by atoms with van der Waals surface area (Å²) in [7, 11) is -3.79. The molecule has 2 N–H and O–H groups in total. The number of carbonyl (C=O) groups excluding carboxylic acids is 1. The zero-order valence-corrected chi connectivity index (χ0v) is 15.9. The third-order valence-electron chi connectivity index (χ3n) is 3.96. The molecule has 9 nitrogen and oxygen atoms in total. The van der Waals surface area contributed by atoms with Gasteiger partial charge in [-0.3, -0.25) is 14.9 Å². The van der Waals surface area contributed by atoms with Crippen molar-refractivity contribution >= 4 is 27.3 Å². The fourth-order valence-corrected chi connectivity index (χ4v) is 3.57. The van der Waals surface area contributed by atoms with E-state index in [1.165, 1.54) is 48.7 Å². The highest BCUT2D eigenvalue weighted by Crippen LogP contribution is 2.17. The van der Waals surface area contributed by atoms with Gasteiger partial charge in [0.1, 0.15) is 5.76 Å². The zero-order chi connectivity index (χ0) is 20.9. The van der Waals surface area contributed by atoms with Crippen molar-refractivity contribution in [2.24, 2.45) is 0 Å². The van der Waals surface area contributed by atoms with Crippen LogP contribution in [0.5, 0.6) is 0 Å². The van der Waals surface area contributed by atoms with Crippen molar-refractivity contribution in [1.29, 1.82) is 0 Å². The molecule has 0 aliphatic carbocycles. The number of non-ortho nitro benzene ring substituents is 1. The average molecular weight is 415 g/mol. The molecule has 0 fully saturated rings. The lowest BCUT2D eigenvalue weighted by Crippen LogP contribution is -2.23. The summed E-state index contributed by atoms with van der Waals surface area (Å²) < 4.78 is 32.4. The molecule has 1 heterocycles. The highest BCUT2D eigenvalue weighted by atomic mass is 32.2. The van der Waals surface area contributed by atoms with E-state index < -0.39 is 14.9 Å². The fraction of sp³-hybridized carbons (Fsp3) is 0.105. The number of furan rings is 1. The Kier molecular flexibility index (Phi) is 6.05. The molecule has 0 atom stereocenters. The fourth-order valence-electron chi connectivity index (χ4n) is 2.53. The molecule has 0 aliphatic rings. The first-order valence-corrected chi connectivity index (χ1v) is 9.97. The largest absolute Gasteiger partial charge is 0.468 e. The van der Waals surface area contributed by atoms with Crippen LogP contribution in [-0.2, 0) is 27.8 Å². The molecule has 150 valence electrons. The molecule has 29 heavy (non-hydrogen) atoms. The number of anilines is 1. The first-order chi connectivity index (χ1) is 13.8. The van der Waals surface area contributed by atoms with E-state index in [0.29, 0.717) is 17.0 Å². The quantitative estimate of drug-likeness (QED) is 0.429. The standard InChI is InChI=1S/C19H17N3O6S/c23-19(11-14-6-8-16(9-7-14)22(24)25)21-15-3-1-5-18(12-15)29(26,27)20-13-17-4-2-10-28-17/h1-10,12,20H,11,13H2,(H,21,23).